The number of likely N-dealkylation sites (N-methyl/N-ethyl adjacent to an activating group) is 1. The Morgan fingerprint density at radius 2 is 2.11 bits per heavy atom. The molecule has 1 aliphatic heterocycles. The third kappa shape index (κ3) is 3.45. The van der Waals surface area contributed by atoms with Gasteiger partial charge in [0, 0.05) is 12.1 Å². The lowest BCUT2D eigenvalue weighted by Crippen LogP contribution is -2.46. The minimum atomic E-state index is -0.758. The van der Waals surface area contributed by atoms with Crippen molar-refractivity contribution in [2.45, 2.75) is 38.3 Å². The van der Waals surface area contributed by atoms with Crippen molar-refractivity contribution in [3.8, 4) is 0 Å². The number of rotatable bonds is 5. The van der Waals surface area contributed by atoms with Crippen LogP contribution in [0.15, 0.2) is 0 Å². The number of carbonyl (C=O) groups excluding carboxylic acids is 1. The SMILES string of the molecule is CCNC1COCC1C(=O)NC1CCC(C(=O)O)C1. The van der Waals surface area contributed by atoms with Crippen molar-refractivity contribution in [1.29, 1.82) is 0 Å². The van der Waals surface area contributed by atoms with E-state index in [-0.39, 0.29) is 29.8 Å². The first-order valence-corrected chi connectivity index (χ1v) is 6.96. The summed E-state index contributed by atoms with van der Waals surface area (Å²) in [6, 6.07) is 0.0677. The Kier molecular flexibility index (Phi) is 4.76. The quantitative estimate of drug-likeness (QED) is 0.653. The van der Waals surface area contributed by atoms with Gasteiger partial charge in [0.2, 0.25) is 5.91 Å². The maximum atomic E-state index is 12.2. The van der Waals surface area contributed by atoms with Crippen LogP contribution in [0, 0.1) is 11.8 Å². The van der Waals surface area contributed by atoms with E-state index in [4.69, 9.17) is 9.84 Å². The molecule has 4 unspecified atom stereocenters. The summed E-state index contributed by atoms with van der Waals surface area (Å²) in [5.41, 5.74) is 0. The van der Waals surface area contributed by atoms with Gasteiger partial charge in [-0.2, -0.15) is 0 Å². The molecule has 1 saturated carbocycles. The zero-order valence-corrected chi connectivity index (χ0v) is 11.2. The average Bonchev–Trinajstić information content (AvgIpc) is 2.98. The summed E-state index contributed by atoms with van der Waals surface area (Å²) in [4.78, 5) is 23.1. The molecule has 6 nitrogen and oxygen atoms in total. The lowest BCUT2D eigenvalue weighted by Gasteiger charge is -2.20. The van der Waals surface area contributed by atoms with Crippen LogP contribution in [0.25, 0.3) is 0 Å². The Morgan fingerprint density at radius 1 is 1.32 bits per heavy atom. The highest BCUT2D eigenvalue weighted by Gasteiger charge is 2.36. The Morgan fingerprint density at radius 3 is 2.74 bits per heavy atom. The maximum absolute atomic E-state index is 12.2. The molecule has 2 fully saturated rings. The van der Waals surface area contributed by atoms with E-state index < -0.39 is 5.97 Å². The number of hydrogen-bond acceptors (Lipinski definition) is 4. The number of amides is 1. The number of aliphatic carboxylic acids is 1. The summed E-state index contributed by atoms with van der Waals surface area (Å²) < 4.78 is 5.35. The third-order valence-electron chi connectivity index (χ3n) is 4.01. The summed E-state index contributed by atoms with van der Waals surface area (Å²) in [5.74, 6) is -1.25. The molecule has 1 aliphatic carbocycles. The molecule has 4 atom stereocenters. The lowest BCUT2D eigenvalue weighted by atomic mass is 10.0. The van der Waals surface area contributed by atoms with E-state index in [1.807, 2.05) is 6.92 Å². The smallest absolute Gasteiger partial charge is 0.306 e. The first-order valence-electron chi connectivity index (χ1n) is 6.96. The van der Waals surface area contributed by atoms with Gasteiger partial charge in [0.05, 0.1) is 25.0 Å². The summed E-state index contributed by atoms with van der Waals surface area (Å²) in [6.07, 6.45) is 1.95. The minimum Gasteiger partial charge on any atom is -0.481 e. The van der Waals surface area contributed by atoms with E-state index in [1.165, 1.54) is 0 Å². The molecule has 6 heteroatoms. The zero-order valence-electron chi connectivity index (χ0n) is 11.2. The molecular formula is C13H22N2O4. The topological polar surface area (TPSA) is 87.7 Å². The van der Waals surface area contributed by atoms with Crippen molar-refractivity contribution in [2.24, 2.45) is 11.8 Å². The molecular weight excluding hydrogens is 248 g/mol. The van der Waals surface area contributed by atoms with Gasteiger partial charge in [0.1, 0.15) is 0 Å². The van der Waals surface area contributed by atoms with Gasteiger partial charge in [-0.25, -0.2) is 0 Å². The van der Waals surface area contributed by atoms with Crippen LogP contribution in [0.1, 0.15) is 26.2 Å². The molecule has 0 aromatic carbocycles. The molecule has 1 amide bonds. The summed E-state index contributed by atoms with van der Waals surface area (Å²) in [7, 11) is 0. The van der Waals surface area contributed by atoms with Gasteiger partial charge in [0.25, 0.3) is 0 Å². The van der Waals surface area contributed by atoms with E-state index in [0.717, 1.165) is 13.0 Å². The van der Waals surface area contributed by atoms with Crippen LogP contribution in [0.5, 0.6) is 0 Å². The minimum absolute atomic E-state index is 0.00326. The standard InChI is InChI=1S/C13H22N2O4/c1-2-14-11-7-19-6-10(11)12(16)15-9-4-3-8(5-9)13(17)18/h8-11,14H,2-7H2,1H3,(H,15,16)(H,17,18). The zero-order chi connectivity index (χ0) is 13.8. The van der Waals surface area contributed by atoms with Crippen LogP contribution in [0.3, 0.4) is 0 Å². The van der Waals surface area contributed by atoms with Crippen molar-refractivity contribution in [2.75, 3.05) is 19.8 Å². The number of hydrogen-bond donors (Lipinski definition) is 3. The fraction of sp³-hybridized carbons (Fsp3) is 0.846. The van der Waals surface area contributed by atoms with E-state index in [2.05, 4.69) is 10.6 Å². The van der Waals surface area contributed by atoms with Gasteiger partial charge in [-0.3, -0.25) is 9.59 Å². The van der Waals surface area contributed by atoms with Crippen LogP contribution in [0.4, 0.5) is 0 Å². The normalized spacial score (nSPS) is 34.4. The summed E-state index contributed by atoms with van der Waals surface area (Å²) >= 11 is 0. The second kappa shape index (κ2) is 6.34. The first kappa shape index (κ1) is 14.3. The van der Waals surface area contributed by atoms with Crippen LogP contribution < -0.4 is 10.6 Å². The van der Waals surface area contributed by atoms with E-state index >= 15 is 0 Å². The molecule has 19 heavy (non-hydrogen) atoms. The molecule has 0 bridgehead atoms. The van der Waals surface area contributed by atoms with Gasteiger partial charge < -0.3 is 20.5 Å². The third-order valence-corrected chi connectivity index (χ3v) is 4.01. The number of nitrogens with one attached hydrogen (secondary N) is 2. The van der Waals surface area contributed by atoms with Crippen molar-refractivity contribution >= 4 is 11.9 Å². The number of ether oxygens (including phenoxy) is 1. The summed E-state index contributed by atoms with van der Waals surface area (Å²) in [5, 5.41) is 15.2. The van der Waals surface area contributed by atoms with Crippen LogP contribution in [0.2, 0.25) is 0 Å². The van der Waals surface area contributed by atoms with Crippen LogP contribution in [-0.2, 0) is 14.3 Å². The summed E-state index contributed by atoms with van der Waals surface area (Å²) in [6.45, 7) is 3.82. The molecule has 108 valence electrons. The lowest BCUT2D eigenvalue weighted by molar-refractivity contribution is -0.141. The molecule has 0 aromatic heterocycles. The average molecular weight is 270 g/mol. The molecule has 0 spiro atoms. The molecule has 2 aliphatic rings. The van der Waals surface area contributed by atoms with Gasteiger partial charge >= 0.3 is 5.97 Å². The first-order chi connectivity index (χ1) is 9.11. The van der Waals surface area contributed by atoms with Crippen molar-refractivity contribution in [3.05, 3.63) is 0 Å². The van der Waals surface area contributed by atoms with Gasteiger partial charge in [-0.05, 0) is 25.8 Å². The Hall–Kier alpha value is -1.14. The highest BCUT2D eigenvalue weighted by molar-refractivity contribution is 5.80. The molecule has 2 rings (SSSR count). The van der Waals surface area contributed by atoms with Crippen molar-refractivity contribution in [1.82, 2.24) is 10.6 Å². The van der Waals surface area contributed by atoms with Gasteiger partial charge in [-0.1, -0.05) is 6.92 Å². The largest absolute Gasteiger partial charge is 0.481 e. The highest BCUT2D eigenvalue weighted by Crippen LogP contribution is 2.26. The number of carboxylic acids is 1. The Labute approximate surface area is 112 Å². The van der Waals surface area contributed by atoms with E-state index in [9.17, 15) is 9.59 Å². The van der Waals surface area contributed by atoms with Crippen molar-refractivity contribution in [3.63, 3.8) is 0 Å². The Balaban J connectivity index is 1.82. The van der Waals surface area contributed by atoms with Crippen LogP contribution >= 0.6 is 0 Å². The molecule has 1 saturated heterocycles. The fourth-order valence-corrected chi connectivity index (χ4v) is 2.92. The second-order valence-electron chi connectivity index (χ2n) is 5.36. The maximum Gasteiger partial charge on any atom is 0.306 e. The molecule has 0 radical (unpaired) electrons. The molecule has 0 aromatic rings. The molecule has 3 N–H and O–H groups in total. The predicted molar refractivity (Wildman–Crippen MR) is 68.7 cm³/mol. The monoisotopic (exact) mass is 270 g/mol. The number of carboxylic acid groups (broad SMARTS) is 1. The fourth-order valence-electron chi connectivity index (χ4n) is 2.92. The van der Waals surface area contributed by atoms with Crippen molar-refractivity contribution < 1.29 is 19.4 Å². The number of carbonyl (C=O) groups is 2. The highest BCUT2D eigenvalue weighted by atomic mass is 16.5. The predicted octanol–water partition coefficient (Wildman–Crippen LogP) is -0.0196. The van der Waals surface area contributed by atoms with Gasteiger partial charge in [0.15, 0.2) is 0 Å². The van der Waals surface area contributed by atoms with Gasteiger partial charge in [-0.15, -0.1) is 0 Å². The Bertz CT molecular complexity index is 348. The second-order valence-corrected chi connectivity index (χ2v) is 5.36. The van der Waals surface area contributed by atoms with E-state index in [0.29, 0.717) is 26.1 Å². The molecule has 1 heterocycles. The van der Waals surface area contributed by atoms with Crippen LogP contribution in [-0.4, -0.2) is 48.8 Å². The van der Waals surface area contributed by atoms with E-state index in [1.54, 1.807) is 0 Å².